The normalized spacial score (nSPS) is 20.4. The topological polar surface area (TPSA) is 384 Å². The van der Waals surface area contributed by atoms with Crippen molar-refractivity contribution in [2.45, 2.75) is 160 Å². The zero-order valence-corrected chi connectivity index (χ0v) is 42.2. The van der Waals surface area contributed by atoms with Crippen LogP contribution in [0.15, 0.2) is 12.7 Å². The van der Waals surface area contributed by atoms with Gasteiger partial charge >= 0.3 is 23.5 Å². The molecular weight excluding hydrogens is 979 g/mol. The third-order valence-corrected chi connectivity index (χ3v) is 14.9. The number of carbonyl (C=O) groups excluding carboxylic acids is 3. The first-order chi connectivity index (χ1) is 31.9. The lowest BCUT2D eigenvalue weighted by atomic mass is 9.87. The molecule has 0 saturated carbocycles. The number of nitrogens with zero attached hydrogens (tertiary/aromatic N) is 4. The number of imidazole rings is 1. The van der Waals surface area contributed by atoms with Crippen LogP contribution in [-0.2, 0) is 50.7 Å². The molecule has 0 bridgehead atoms. The number of rotatable bonds is 35. The number of nitrogens with two attached hydrogens (primary N) is 1. The van der Waals surface area contributed by atoms with E-state index in [1.54, 1.807) is 0 Å². The molecule has 2 aromatic rings. The van der Waals surface area contributed by atoms with Gasteiger partial charge in [0, 0.05) is 37.1 Å². The average molecular weight is 1050 g/mol. The van der Waals surface area contributed by atoms with Crippen molar-refractivity contribution in [1.29, 1.82) is 0 Å². The number of thioether (sulfide) groups is 1. The highest BCUT2D eigenvalue weighted by Crippen LogP contribution is 2.61. The van der Waals surface area contributed by atoms with Gasteiger partial charge < -0.3 is 56.0 Å². The highest BCUT2D eigenvalue weighted by atomic mass is 32.2. The van der Waals surface area contributed by atoms with Gasteiger partial charge in [0.05, 0.1) is 25.6 Å². The maximum Gasteiger partial charge on any atom is 0.481 e. The van der Waals surface area contributed by atoms with Gasteiger partial charge in [0.25, 0.3) is 0 Å². The fourth-order valence-corrected chi connectivity index (χ4v) is 10.6. The molecule has 3 rings (SSSR count). The molecule has 29 heteroatoms. The number of aromatic nitrogens is 4. The zero-order valence-electron chi connectivity index (χ0n) is 38.7. The number of nitrogen functional groups attached to an aromatic ring is 1. The number of ether oxygens (including phenoxy) is 1. The van der Waals surface area contributed by atoms with E-state index in [1.165, 1.54) is 52.4 Å². The van der Waals surface area contributed by atoms with E-state index >= 15 is 0 Å². The number of amides is 2. The molecule has 2 aromatic heterocycles. The molecule has 390 valence electrons. The molecular formula is C39H70N7O18P3S. The Hall–Kier alpha value is -2.48. The maximum atomic E-state index is 12.7. The van der Waals surface area contributed by atoms with E-state index in [0.717, 1.165) is 80.4 Å². The summed E-state index contributed by atoms with van der Waals surface area (Å²) in [6, 6.07) is 0. The smallest absolute Gasteiger partial charge is 0.393 e. The molecule has 0 spiro atoms. The summed E-state index contributed by atoms with van der Waals surface area (Å²) in [5.74, 6) is -1.08. The quantitative estimate of drug-likeness (QED) is 0.0346. The van der Waals surface area contributed by atoms with Gasteiger partial charge in [-0.05, 0) is 19.3 Å². The second kappa shape index (κ2) is 29.1. The van der Waals surface area contributed by atoms with Crippen LogP contribution in [0.25, 0.3) is 11.2 Å². The first kappa shape index (κ1) is 59.8. The van der Waals surface area contributed by atoms with Crippen LogP contribution < -0.4 is 16.4 Å². The Morgan fingerprint density at radius 2 is 1.49 bits per heavy atom. The zero-order chi connectivity index (χ0) is 50.5. The van der Waals surface area contributed by atoms with Gasteiger partial charge in [-0.2, -0.15) is 4.31 Å². The summed E-state index contributed by atoms with van der Waals surface area (Å²) >= 11 is 1.12. The van der Waals surface area contributed by atoms with Gasteiger partial charge in [0.15, 0.2) is 22.8 Å². The lowest BCUT2D eigenvalue weighted by Crippen LogP contribution is -2.46. The summed E-state index contributed by atoms with van der Waals surface area (Å²) in [7, 11) is -16.4. The van der Waals surface area contributed by atoms with Crippen LogP contribution in [0.2, 0.25) is 0 Å². The van der Waals surface area contributed by atoms with E-state index in [-0.39, 0.29) is 47.7 Å². The third-order valence-electron chi connectivity index (χ3n) is 10.8. The van der Waals surface area contributed by atoms with Gasteiger partial charge in [-0.15, -0.1) is 0 Å². The van der Waals surface area contributed by atoms with Crippen molar-refractivity contribution in [3.8, 4) is 0 Å². The Bertz CT molecular complexity index is 2030. The molecule has 1 saturated heterocycles. The van der Waals surface area contributed by atoms with Crippen LogP contribution in [0, 0.1) is 5.41 Å². The SMILES string of the molecule is CCCCCCCCCC(O)CCCCCCCC(=O)SCCNC(=O)CCNC(=O)C(O)C(C)(C)COP(=O)(O)OP(=O)(O)OCC1OC(n2cnc3c(N)ncnc32)C(O)C1OP(=O)(O)O. The molecule has 0 radical (unpaired) electrons. The predicted molar refractivity (Wildman–Crippen MR) is 248 cm³/mol. The Labute approximate surface area is 399 Å². The van der Waals surface area contributed by atoms with Crippen LogP contribution in [0.3, 0.4) is 0 Å². The second-order valence-electron chi connectivity index (χ2n) is 17.2. The number of nitrogens with one attached hydrogen (secondary N) is 2. The number of hydrogen-bond acceptors (Lipinski definition) is 19. The van der Waals surface area contributed by atoms with Gasteiger partial charge in [0.2, 0.25) is 11.8 Å². The van der Waals surface area contributed by atoms with Crippen molar-refractivity contribution in [3.63, 3.8) is 0 Å². The molecule has 0 aromatic carbocycles. The van der Waals surface area contributed by atoms with Crippen molar-refractivity contribution >= 4 is 69.1 Å². The number of aliphatic hydroxyl groups is 3. The number of phosphoric acid groups is 3. The first-order valence-electron chi connectivity index (χ1n) is 22.7. The van der Waals surface area contributed by atoms with E-state index in [0.29, 0.717) is 12.2 Å². The molecule has 8 atom stereocenters. The van der Waals surface area contributed by atoms with Gasteiger partial charge in [-0.25, -0.2) is 28.6 Å². The molecule has 2 amide bonds. The van der Waals surface area contributed by atoms with Crippen LogP contribution in [0.1, 0.15) is 130 Å². The molecule has 0 aliphatic carbocycles. The lowest BCUT2D eigenvalue weighted by Gasteiger charge is -2.30. The van der Waals surface area contributed by atoms with E-state index in [4.69, 9.17) is 19.5 Å². The molecule has 8 unspecified atom stereocenters. The minimum absolute atomic E-state index is 0.0290. The number of phosphoric ester groups is 3. The highest BCUT2D eigenvalue weighted by molar-refractivity contribution is 8.13. The van der Waals surface area contributed by atoms with Gasteiger partial charge in [0.1, 0.15) is 36.3 Å². The largest absolute Gasteiger partial charge is 0.481 e. The van der Waals surface area contributed by atoms with Crippen molar-refractivity contribution < 1.29 is 85.6 Å². The van der Waals surface area contributed by atoms with E-state index in [9.17, 15) is 63.0 Å². The summed E-state index contributed by atoms with van der Waals surface area (Å²) < 4.78 is 62.4. The molecule has 11 N–H and O–H groups in total. The van der Waals surface area contributed by atoms with Gasteiger partial charge in [-0.1, -0.05) is 103 Å². The molecule has 68 heavy (non-hydrogen) atoms. The Morgan fingerprint density at radius 1 is 0.868 bits per heavy atom. The predicted octanol–water partition coefficient (Wildman–Crippen LogP) is 3.90. The summed E-state index contributed by atoms with van der Waals surface area (Å²) in [5.41, 5.74) is 4.27. The number of aliphatic hydroxyl groups excluding tert-OH is 3. The number of carbonyl (C=O) groups is 3. The van der Waals surface area contributed by atoms with Crippen LogP contribution in [0.4, 0.5) is 5.82 Å². The average Bonchev–Trinajstić information content (AvgIpc) is 3.82. The highest BCUT2D eigenvalue weighted by Gasteiger charge is 2.50. The Morgan fingerprint density at radius 3 is 2.13 bits per heavy atom. The van der Waals surface area contributed by atoms with Crippen LogP contribution in [-0.4, -0.2) is 134 Å². The summed E-state index contributed by atoms with van der Waals surface area (Å²) in [4.78, 5) is 88.4. The van der Waals surface area contributed by atoms with Crippen molar-refractivity contribution in [2.24, 2.45) is 5.41 Å². The van der Waals surface area contributed by atoms with E-state index in [2.05, 4.69) is 41.3 Å². The monoisotopic (exact) mass is 1050 g/mol. The maximum absolute atomic E-state index is 12.7. The number of unbranched alkanes of at least 4 members (excludes halogenated alkanes) is 10. The second-order valence-corrected chi connectivity index (χ2v) is 22.5. The minimum Gasteiger partial charge on any atom is -0.393 e. The Kier molecular flexibility index (Phi) is 25.6. The van der Waals surface area contributed by atoms with Crippen LogP contribution in [0.5, 0.6) is 0 Å². The van der Waals surface area contributed by atoms with Gasteiger partial charge in [-0.3, -0.25) is 32.5 Å². The summed E-state index contributed by atoms with van der Waals surface area (Å²) in [6.45, 7) is 2.72. The first-order valence-corrected chi connectivity index (χ1v) is 28.2. The molecule has 1 aliphatic heterocycles. The fraction of sp³-hybridized carbons (Fsp3) is 0.795. The molecule has 25 nitrogen and oxygen atoms in total. The standard InChI is InChI=1S/C39H70N7O18P3S/c1-4-5-6-7-8-10-13-16-27(47)17-14-11-9-12-15-18-30(49)68-22-21-41-29(48)19-20-42-37(52)34(51)39(2,3)24-61-67(58,59)64-66(56,57)60-23-28-33(63-65(53,54)55)32(50)38(62-28)46-26-45-31-35(40)43-25-44-36(31)46/h25-28,32-34,38,47,50-51H,4-24H2,1-3H3,(H,41,48)(H,42,52)(H,56,57)(H,58,59)(H2,40,43,44)(H2,53,54,55). The fourth-order valence-electron chi connectivity index (χ4n) is 7.03. The van der Waals surface area contributed by atoms with Crippen LogP contribution >= 0.6 is 35.2 Å². The van der Waals surface area contributed by atoms with Crippen molar-refractivity contribution in [2.75, 3.05) is 37.8 Å². The molecule has 1 fully saturated rings. The molecule has 3 heterocycles. The van der Waals surface area contributed by atoms with Crippen molar-refractivity contribution in [3.05, 3.63) is 12.7 Å². The van der Waals surface area contributed by atoms with E-state index < -0.39 is 84.6 Å². The minimum atomic E-state index is -5.58. The van der Waals surface area contributed by atoms with Crippen molar-refractivity contribution in [1.82, 2.24) is 30.2 Å². The Balaban J connectivity index is 1.30. The molecule has 1 aliphatic rings. The number of fused-ring (bicyclic) bond motifs is 1. The lowest BCUT2D eigenvalue weighted by molar-refractivity contribution is -0.137. The summed E-state index contributed by atoms with van der Waals surface area (Å²) in [6.07, 6.45) is 8.27. The number of anilines is 1. The summed E-state index contributed by atoms with van der Waals surface area (Å²) in [5, 5.41) is 36.8. The van der Waals surface area contributed by atoms with E-state index in [1.807, 2.05) is 0 Å². The third kappa shape index (κ3) is 21.9. The number of hydrogen-bond donors (Lipinski definition) is 10.